The van der Waals surface area contributed by atoms with E-state index in [1.807, 2.05) is 77.7 Å². The molecule has 0 saturated carbocycles. The molecule has 1 aliphatic carbocycles. The number of phenols is 1. The molecule has 9 N–H and O–H groups in total. The molecule has 0 spiro atoms. The number of rotatable bonds is 28. The van der Waals surface area contributed by atoms with Crippen molar-refractivity contribution in [3.05, 3.63) is 154 Å². The number of likely N-dealkylation sites (N-methyl/N-ethyl adjacent to an activating group) is 3. The maximum Gasteiger partial charge on any atom is 0.409 e. The number of amides is 9. The smallest absolute Gasteiger partial charge is 0.409 e. The molecule has 1 heterocycles. The third kappa shape index (κ3) is 18.4. The molecule has 462 valence electrons. The fourth-order valence-corrected chi connectivity index (χ4v) is 9.94. The van der Waals surface area contributed by atoms with Crippen LogP contribution in [0.25, 0.3) is 11.1 Å². The first-order chi connectivity index (χ1) is 41.8. The van der Waals surface area contributed by atoms with Gasteiger partial charge in [-0.2, -0.15) is 0 Å². The van der Waals surface area contributed by atoms with E-state index in [2.05, 4.69) is 36.9 Å². The summed E-state index contributed by atoms with van der Waals surface area (Å²) >= 11 is 0. The number of carbonyl (C=O) groups excluding carboxylic acids is 8. The summed E-state index contributed by atoms with van der Waals surface area (Å²) in [4.78, 5) is 114. The minimum absolute atomic E-state index is 0.00396. The van der Waals surface area contributed by atoms with Crippen molar-refractivity contribution in [3.63, 3.8) is 0 Å². The van der Waals surface area contributed by atoms with Crippen molar-refractivity contribution in [2.24, 2.45) is 10.7 Å². The fourth-order valence-electron chi connectivity index (χ4n) is 9.94. The van der Waals surface area contributed by atoms with Gasteiger partial charge in [-0.15, -0.1) is 0 Å². The predicted octanol–water partition coefficient (Wildman–Crippen LogP) is 4.13. The Bertz CT molecular complexity index is 3220. The number of hydrogen-bond donors (Lipinski definition) is 8. The number of aromatic hydroxyl groups is 1. The van der Waals surface area contributed by atoms with Gasteiger partial charge in [0.15, 0.2) is 5.96 Å². The molecule has 0 radical (unpaired) electrons. The van der Waals surface area contributed by atoms with Crippen LogP contribution < -0.4 is 42.4 Å². The van der Waals surface area contributed by atoms with E-state index < -0.39 is 83.2 Å². The molecule has 25 heteroatoms. The lowest BCUT2D eigenvalue weighted by atomic mass is 9.98. The summed E-state index contributed by atoms with van der Waals surface area (Å²) in [6.07, 6.45) is 0.118. The number of halogens is 2. The molecule has 5 aromatic rings. The minimum atomic E-state index is -1.26. The second-order valence-corrected chi connectivity index (χ2v) is 21.0. The molecular weight excluding hydrogens is 1130 g/mol. The molecule has 5 aromatic carbocycles. The Morgan fingerprint density at radius 1 is 0.701 bits per heavy atom. The van der Waals surface area contributed by atoms with Crippen molar-refractivity contribution in [1.29, 1.82) is 0 Å². The number of nitrogens with zero attached hydrogens (tertiary/aromatic N) is 5. The van der Waals surface area contributed by atoms with Gasteiger partial charge in [-0.3, -0.25) is 44.0 Å². The Kier molecular flexibility index (Phi) is 23.5. The first kappa shape index (κ1) is 64.9. The number of hydrogen-bond acceptors (Lipinski definition) is 13. The van der Waals surface area contributed by atoms with Crippen LogP contribution in [0.4, 0.5) is 18.4 Å². The molecule has 0 bridgehead atoms. The third-order valence-electron chi connectivity index (χ3n) is 14.6. The normalized spacial score (nSPS) is 13.1. The highest BCUT2D eigenvalue weighted by Crippen LogP contribution is 2.44. The Hall–Kier alpha value is -9.65. The number of aliphatic imine (C=N–C) groups is 1. The summed E-state index contributed by atoms with van der Waals surface area (Å²) in [6.45, 7) is 1.73. The number of urea groups is 1. The van der Waals surface area contributed by atoms with Crippen molar-refractivity contribution in [3.8, 4) is 22.6 Å². The van der Waals surface area contributed by atoms with Crippen LogP contribution in [0, 0.1) is 11.6 Å². The van der Waals surface area contributed by atoms with E-state index in [-0.39, 0.29) is 89.7 Å². The van der Waals surface area contributed by atoms with Gasteiger partial charge < -0.3 is 61.6 Å². The summed E-state index contributed by atoms with van der Waals surface area (Å²) in [7, 11) is 4.32. The number of carbonyl (C=O) groups is 8. The minimum Gasteiger partial charge on any atom is -0.508 e. The largest absolute Gasteiger partial charge is 0.508 e. The summed E-state index contributed by atoms with van der Waals surface area (Å²) in [5.41, 5.74) is 12.3. The maximum absolute atomic E-state index is 14.7. The third-order valence-corrected chi connectivity index (χ3v) is 14.6. The van der Waals surface area contributed by atoms with Crippen molar-refractivity contribution < 1.29 is 61.7 Å². The number of nitrogens with two attached hydrogens (primary N) is 1. The van der Waals surface area contributed by atoms with Gasteiger partial charge in [0.05, 0.1) is 19.7 Å². The van der Waals surface area contributed by atoms with Crippen LogP contribution >= 0.6 is 0 Å². The van der Waals surface area contributed by atoms with Crippen molar-refractivity contribution in [1.82, 2.24) is 51.5 Å². The van der Waals surface area contributed by atoms with Crippen LogP contribution in [0.5, 0.6) is 11.5 Å². The first-order valence-corrected chi connectivity index (χ1v) is 28.5. The Balaban J connectivity index is 0.878. The van der Waals surface area contributed by atoms with Crippen molar-refractivity contribution >= 4 is 53.5 Å². The van der Waals surface area contributed by atoms with Gasteiger partial charge >= 0.3 is 12.1 Å². The van der Waals surface area contributed by atoms with Gasteiger partial charge in [-0.25, -0.2) is 18.4 Å². The van der Waals surface area contributed by atoms with Crippen LogP contribution in [-0.2, 0) is 53.1 Å². The van der Waals surface area contributed by atoms with E-state index in [0.717, 1.165) is 38.3 Å². The average molecular weight is 1200 g/mol. The highest BCUT2D eigenvalue weighted by Gasteiger charge is 2.35. The van der Waals surface area contributed by atoms with Gasteiger partial charge in [-0.1, -0.05) is 91.9 Å². The number of phenolic OH excluding ortho intramolecular Hbond substituents is 1. The molecule has 0 aromatic heterocycles. The SMILES string of the molecule is CCC(=O)NCCNC(=O)NC(N)=NCCC[C@@H](NC(=O)[C@H](c1ccc(OCCCNC(=O)CN(C)C(=O)CN(C)C(=O)CN(C)C(=O)OCC2c3ccccc3-c3ccccc32)cc1)N1Cc2ccccc2C1)C(=O)NCc1c(F)cc(O)cc1F. The van der Waals surface area contributed by atoms with Gasteiger partial charge in [-0.05, 0) is 70.3 Å². The van der Waals surface area contributed by atoms with Gasteiger partial charge in [0.25, 0.3) is 0 Å². The highest BCUT2D eigenvalue weighted by atomic mass is 19.1. The van der Waals surface area contributed by atoms with Crippen LogP contribution in [0.3, 0.4) is 0 Å². The standard InChI is InChI=1S/C62H74F2N12O11/c1-5-53(78)67-27-28-69-61(84)72-60(65)68-25-12-20-52(58(82)70-32-48-50(63)30-42(77)31-51(48)64)71-59(83)57(76-33-40-14-6-7-15-41(40)34-76)39-21-23-43(24-22-39)86-29-13-26-66-54(79)35-73(2)55(80)36-74(3)56(81)37-75(4)62(85)87-38-49-46-18-10-8-16-44(46)45-17-9-11-19-47(45)49/h6-11,14-19,21-24,30-31,49,52,57,77H,5,12-13,20,25-29,32-38H2,1-4H3,(H,66,79)(H,67,78)(H,70,82)(H,71,83)(H4,65,68,69,72,84)/t52-,57+/m1/s1. The van der Waals surface area contributed by atoms with Gasteiger partial charge in [0.2, 0.25) is 35.4 Å². The number of fused-ring (bicyclic) bond motifs is 4. The predicted molar refractivity (Wildman–Crippen MR) is 318 cm³/mol. The number of nitrogens with one attached hydrogen (secondary N) is 6. The molecule has 9 amide bonds. The lowest BCUT2D eigenvalue weighted by Gasteiger charge is -2.29. The maximum atomic E-state index is 14.7. The monoisotopic (exact) mass is 1200 g/mol. The highest BCUT2D eigenvalue weighted by molar-refractivity contribution is 5.95. The Morgan fingerprint density at radius 2 is 1.28 bits per heavy atom. The van der Waals surface area contributed by atoms with Gasteiger partial charge in [0, 0.05) is 97.0 Å². The molecule has 87 heavy (non-hydrogen) atoms. The topological polar surface area (TPSA) is 299 Å². The summed E-state index contributed by atoms with van der Waals surface area (Å²) in [5, 5.41) is 25.3. The Morgan fingerprint density at radius 3 is 1.91 bits per heavy atom. The summed E-state index contributed by atoms with van der Waals surface area (Å²) in [6, 6.07) is 29.0. The quantitative estimate of drug-likeness (QED) is 0.0199. The lowest BCUT2D eigenvalue weighted by molar-refractivity contribution is -0.140. The molecule has 23 nitrogen and oxygen atoms in total. The lowest BCUT2D eigenvalue weighted by Crippen LogP contribution is -2.50. The molecule has 0 fully saturated rings. The average Bonchev–Trinajstić information content (AvgIpc) is 1.88. The van der Waals surface area contributed by atoms with E-state index in [1.165, 1.54) is 30.9 Å². The van der Waals surface area contributed by atoms with Crippen LogP contribution in [-0.4, -0.2) is 164 Å². The molecule has 0 saturated heterocycles. The second-order valence-electron chi connectivity index (χ2n) is 21.0. The van der Waals surface area contributed by atoms with E-state index in [0.29, 0.717) is 49.4 Å². The van der Waals surface area contributed by atoms with E-state index in [4.69, 9.17) is 15.2 Å². The Labute approximate surface area is 503 Å². The van der Waals surface area contributed by atoms with Crippen LogP contribution in [0.1, 0.15) is 77.9 Å². The molecule has 1 aliphatic heterocycles. The second kappa shape index (κ2) is 31.5. The summed E-state index contributed by atoms with van der Waals surface area (Å²) in [5.74, 6) is -5.68. The van der Waals surface area contributed by atoms with E-state index in [1.54, 1.807) is 31.2 Å². The van der Waals surface area contributed by atoms with Crippen LogP contribution in [0.2, 0.25) is 0 Å². The van der Waals surface area contributed by atoms with Crippen LogP contribution in [0.15, 0.2) is 114 Å². The first-order valence-electron chi connectivity index (χ1n) is 28.5. The zero-order valence-electron chi connectivity index (χ0n) is 49.0. The zero-order valence-corrected chi connectivity index (χ0v) is 49.0. The van der Waals surface area contributed by atoms with Gasteiger partial charge in [0.1, 0.15) is 48.4 Å². The number of benzene rings is 5. The van der Waals surface area contributed by atoms with E-state index >= 15 is 0 Å². The fraction of sp³-hybridized carbons (Fsp3) is 0.371. The number of guanidine groups is 1. The molecule has 2 atom stereocenters. The van der Waals surface area contributed by atoms with Crippen molar-refractivity contribution in [2.75, 3.05) is 80.2 Å². The molecular formula is C62H74F2N12O11. The zero-order chi connectivity index (χ0) is 62.6. The van der Waals surface area contributed by atoms with Crippen molar-refractivity contribution in [2.45, 2.75) is 70.2 Å². The molecule has 2 aliphatic rings. The van der Waals surface area contributed by atoms with E-state index in [9.17, 15) is 52.2 Å². The summed E-state index contributed by atoms with van der Waals surface area (Å²) < 4.78 is 41.1. The molecule has 7 rings (SSSR count). The molecule has 0 unspecified atom stereocenters. The number of ether oxygens (including phenoxy) is 2.